The van der Waals surface area contributed by atoms with Gasteiger partial charge in [0.25, 0.3) is 0 Å². The minimum Gasteiger partial charge on any atom is -0.481 e. The Labute approximate surface area is 77.7 Å². The molecule has 12 heavy (non-hydrogen) atoms. The van der Waals surface area contributed by atoms with Gasteiger partial charge in [-0.2, -0.15) is 0 Å². The molecule has 0 atom stereocenters. The molecule has 0 aliphatic rings. The maximum absolute atomic E-state index is 10.8. The Hall–Kier alpha value is -0.610. The molecule has 0 aromatic rings. The van der Waals surface area contributed by atoms with E-state index in [1.807, 2.05) is 6.92 Å². The van der Waals surface area contributed by atoms with E-state index in [9.17, 15) is 9.59 Å². The van der Waals surface area contributed by atoms with Crippen molar-refractivity contribution in [2.75, 3.05) is 13.1 Å². The van der Waals surface area contributed by atoms with Gasteiger partial charge < -0.3 is 10.4 Å². The summed E-state index contributed by atoms with van der Waals surface area (Å²) in [5, 5.41) is 11.0. The molecule has 0 spiro atoms. The number of Topliss-reactive ketones (excluding diaryl/α,β-unsaturated/α-hetero) is 1. The van der Waals surface area contributed by atoms with Crippen molar-refractivity contribution in [1.29, 1.82) is 0 Å². The number of ketones is 1. The molecule has 0 radical (unpaired) electrons. The molecule has 4 nitrogen and oxygen atoms in total. The molecule has 5 heteroatoms. The van der Waals surface area contributed by atoms with Gasteiger partial charge in [0.1, 0.15) is 5.78 Å². The molecule has 0 amide bonds. The molecule has 0 aliphatic carbocycles. The summed E-state index contributed by atoms with van der Waals surface area (Å²) < 4.78 is 0. The number of likely N-dealkylation sites (N-methyl/N-ethyl adjacent to an activating group) is 1. The van der Waals surface area contributed by atoms with Crippen LogP contribution in [0.3, 0.4) is 0 Å². The van der Waals surface area contributed by atoms with E-state index in [2.05, 4.69) is 5.32 Å². The summed E-state index contributed by atoms with van der Waals surface area (Å²) in [5.74, 6) is -0.968. The van der Waals surface area contributed by atoms with E-state index in [1.54, 1.807) is 0 Å². The second-order valence-electron chi connectivity index (χ2n) is 2.21. The number of halogens is 1. The largest absolute Gasteiger partial charge is 0.481 e. The number of hydrogen-bond acceptors (Lipinski definition) is 3. The van der Waals surface area contributed by atoms with Crippen molar-refractivity contribution >= 4 is 24.2 Å². The maximum atomic E-state index is 10.8. The lowest BCUT2D eigenvalue weighted by molar-refractivity contribution is -0.138. The highest BCUT2D eigenvalue weighted by Gasteiger charge is 2.03. The van der Waals surface area contributed by atoms with E-state index in [1.165, 1.54) is 0 Å². The predicted molar refractivity (Wildman–Crippen MR) is 47.7 cm³/mol. The summed E-state index contributed by atoms with van der Waals surface area (Å²) in [4.78, 5) is 20.8. The normalized spacial score (nSPS) is 8.75. The molecule has 0 fully saturated rings. The minimum atomic E-state index is -0.921. The second kappa shape index (κ2) is 8.49. The SMILES string of the molecule is CCNCC(=O)CCC(=O)O.Cl. The highest BCUT2D eigenvalue weighted by atomic mass is 35.5. The number of nitrogens with one attached hydrogen (secondary N) is 1. The first-order chi connectivity index (χ1) is 5.16. The average molecular weight is 196 g/mol. The van der Waals surface area contributed by atoms with Crippen LogP contribution in [0.4, 0.5) is 0 Å². The molecule has 0 unspecified atom stereocenters. The number of carboxylic acid groups (broad SMARTS) is 1. The zero-order chi connectivity index (χ0) is 8.69. The Morgan fingerprint density at radius 3 is 2.33 bits per heavy atom. The minimum absolute atomic E-state index is 0. The Morgan fingerprint density at radius 2 is 1.92 bits per heavy atom. The topological polar surface area (TPSA) is 66.4 Å². The zero-order valence-electron chi connectivity index (χ0n) is 7.00. The zero-order valence-corrected chi connectivity index (χ0v) is 7.82. The van der Waals surface area contributed by atoms with Crippen LogP contribution in [0.5, 0.6) is 0 Å². The fourth-order valence-corrected chi connectivity index (χ4v) is 0.599. The van der Waals surface area contributed by atoms with Crippen LogP contribution in [0.25, 0.3) is 0 Å². The van der Waals surface area contributed by atoms with Crippen molar-refractivity contribution in [1.82, 2.24) is 5.32 Å². The Morgan fingerprint density at radius 1 is 1.33 bits per heavy atom. The predicted octanol–water partition coefficient (Wildman–Crippen LogP) is 0.452. The smallest absolute Gasteiger partial charge is 0.303 e. The van der Waals surface area contributed by atoms with Crippen LogP contribution in [-0.2, 0) is 9.59 Å². The molecule has 0 aromatic carbocycles. The molecule has 0 rings (SSSR count). The summed E-state index contributed by atoms with van der Waals surface area (Å²) in [6, 6.07) is 0. The monoisotopic (exact) mass is 195 g/mol. The first-order valence-electron chi connectivity index (χ1n) is 3.61. The fraction of sp³-hybridized carbons (Fsp3) is 0.714. The van der Waals surface area contributed by atoms with Gasteiger partial charge in [-0.05, 0) is 6.54 Å². The van der Waals surface area contributed by atoms with Gasteiger partial charge in [-0.1, -0.05) is 6.92 Å². The highest BCUT2D eigenvalue weighted by Crippen LogP contribution is 1.89. The summed E-state index contributed by atoms with van der Waals surface area (Å²) >= 11 is 0. The molecule has 0 aromatic heterocycles. The van der Waals surface area contributed by atoms with Gasteiger partial charge in [0.2, 0.25) is 0 Å². The molecule has 0 bridgehead atoms. The van der Waals surface area contributed by atoms with Crippen molar-refractivity contribution in [3.05, 3.63) is 0 Å². The summed E-state index contributed by atoms with van der Waals surface area (Å²) in [7, 11) is 0. The summed E-state index contributed by atoms with van der Waals surface area (Å²) in [6.45, 7) is 2.91. The van der Waals surface area contributed by atoms with Crippen LogP contribution < -0.4 is 5.32 Å². The average Bonchev–Trinajstić information content (AvgIpc) is 1.97. The first-order valence-corrected chi connectivity index (χ1v) is 3.61. The van der Waals surface area contributed by atoms with Crippen LogP contribution in [-0.4, -0.2) is 29.9 Å². The van der Waals surface area contributed by atoms with Gasteiger partial charge in [0.05, 0.1) is 13.0 Å². The summed E-state index contributed by atoms with van der Waals surface area (Å²) in [5.41, 5.74) is 0. The van der Waals surface area contributed by atoms with Crippen molar-refractivity contribution in [3.8, 4) is 0 Å². The van der Waals surface area contributed by atoms with E-state index < -0.39 is 5.97 Å². The van der Waals surface area contributed by atoms with Crippen molar-refractivity contribution in [3.63, 3.8) is 0 Å². The maximum Gasteiger partial charge on any atom is 0.303 e. The number of hydrogen-bond donors (Lipinski definition) is 2. The standard InChI is InChI=1S/C7H13NO3.ClH/c1-2-8-5-6(9)3-4-7(10)11;/h8H,2-5H2,1H3,(H,10,11);1H. The van der Waals surface area contributed by atoms with Gasteiger partial charge >= 0.3 is 5.97 Å². The first kappa shape index (κ1) is 13.9. The van der Waals surface area contributed by atoms with E-state index in [0.29, 0.717) is 0 Å². The Bertz CT molecular complexity index is 150. The summed E-state index contributed by atoms with van der Waals surface area (Å²) in [6.07, 6.45) is 0.0621. The number of carboxylic acids is 1. The van der Waals surface area contributed by atoms with E-state index in [-0.39, 0.29) is 37.6 Å². The van der Waals surface area contributed by atoms with E-state index in [0.717, 1.165) is 6.54 Å². The quantitative estimate of drug-likeness (QED) is 0.646. The molecule has 0 saturated carbocycles. The third kappa shape index (κ3) is 9.39. The third-order valence-electron chi connectivity index (χ3n) is 1.19. The van der Waals surface area contributed by atoms with Crippen molar-refractivity contribution in [2.24, 2.45) is 0 Å². The molecule has 72 valence electrons. The van der Waals surface area contributed by atoms with E-state index >= 15 is 0 Å². The van der Waals surface area contributed by atoms with Crippen LogP contribution >= 0.6 is 12.4 Å². The Kier molecular flexibility index (Phi) is 9.86. The van der Waals surface area contributed by atoms with Gasteiger partial charge in [-0.25, -0.2) is 0 Å². The fourth-order valence-electron chi connectivity index (χ4n) is 0.599. The molecule has 2 N–H and O–H groups in total. The van der Waals surface area contributed by atoms with Gasteiger partial charge in [-0.3, -0.25) is 9.59 Å². The molecule has 0 aliphatic heterocycles. The number of carbonyl (C=O) groups excluding carboxylic acids is 1. The van der Waals surface area contributed by atoms with Gasteiger partial charge in [0, 0.05) is 6.42 Å². The number of rotatable bonds is 6. The van der Waals surface area contributed by atoms with Crippen LogP contribution in [0.1, 0.15) is 19.8 Å². The van der Waals surface area contributed by atoms with Gasteiger partial charge in [0.15, 0.2) is 0 Å². The van der Waals surface area contributed by atoms with Crippen molar-refractivity contribution in [2.45, 2.75) is 19.8 Å². The highest BCUT2D eigenvalue weighted by molar-refractivity contribution is 5.85. The molecule has 0 saturated heterocycles. The molecular formula is C7H14ClNO3. The molecule has 0 heterocycles. The number of carbonyl (C=O) groups is 2. The van der Waals surface area contributed by atoms with Crippen LogP contribution in [0.2, 0.25) is 0 Å². The van der Waals surface area contributed by atoms with E-state index in [4.69, 9.17) is 5.11 Å². The lowest BCUT2D eigenvalue weighted by atomic mass is 10.2. The van der Waals surface area contributed by atoms with Crippen LogP contribution in [0.15, 0.2) is 0 Å². The third-order valence-corrected chi connectivity index (χ3v) is 1.19. The Balaban J connectivity index is 0. The lowest BCUT2D eigenvalue weighted by Crippen LogP contribution is -2.22. The molecular weight excluding hydrogens is 182 g/mol. The van der Waals surface area contributed by atoms with Crippen LogP contribution in [0, 0.1) is 0 Å². The van der Waals surface area contributed by atoms with Crippen molar-refractivity contribution < 1.29 is 14.7 Å². The lowest BCUT2D eigenvalue weighted by Gasteiger charge is -1.97. The van der Waals surface area contributed by atoms with Gasteiger partial charge in [-0.15, -0.1) is 12.4 Å². The second-order valence-corrected chi connectivity index (χ2v) is 2.21. The number of aliphatic carboxylic acids is 1.